The quantitative estimate of drug-likeness (QED) is 0.822. The van der Waals surface area contributed by atoms with Gasteiger partial charge in [-0.3, -0.25) is 9.78 Å². The van der Waals surface area contributed by atoms with Crippen molar-refractivity contribution in [1.82, 2.24) is 9.88 Å². The van der Waals surface area contributed by atoms with Crippen LogP contribution in [0.2, 0.25) is 0 Å². The van der Waals surface area contributed by atoms with E-state index in [-0.39, 0.29) is 18.1 Å². The molecule has 0 aliphatic heterocycles. The first-order valence-electron chi connectivity index (χ1n) is 7.22. The molecule has 0 spiro atoms. The van der Waals surface area contributed by atoms with Gasteiger partial charge in [0.25, 0.3) is 0 Å². The number of benzene rings is 1. The maximum atomic E-state index is 14.2. The molecule has 0 aliphatic carbocycles. The van der Waals surface area contributed by atoms with Crippen LogP contribution in [0.5, 0.6) is 0 Å². The van der Waals surface area contributed by atoms with Crippen LogP contribution in [-0.4, -0.2) is 36.1 Å². The van der Waals surface area contributed by atoms with Gasteiger partial charge < -0.3 is 9.64 Å². The molecule has 2 aromatic rings. The van der Waals surface area contributed by atoms with Gasteiger partial charge in [-0.1, -0.05) is 12.1 Å². The lowest BCUT2D eigenvalue weighted by Crippen LogP contribution is -2.35. The number of halogens is 2. The van der Waals surface area contributed by atoms with Crippen LogP contribution in [0.25, 0.3) is 0 Å². The van der Waals surface area contributed by atoms with Crippen molar-refractivity contribution in [3.63, 3.8) is 0 Å². The molecule has 0 bridgehead atoms. The first-order valence-corrected chi connectivity index (χ1v) is 7.22. The smallest absolute Gasteiger partial charge is 0.249 e. The first-order chi connectivity index (χ1) is 11.0. The minimum absolute atomic E-state index is 0.105. The van der Waals surface area contributed by atoms with E-state index in [0.29, 0.717) is 12.2 Å². The van der Waals surface area contributed by atoms with Crippen LogP contribution in [0.3, 0.4) is 0 Å². The molecule has 1 unspecified atom stereocenters. The molecule has 1 aromatic carbocycles. The lowest BCUT2D eigenvalue weighted by Gasteiger charge is -2.29. The maximum absolute atomic E-state index is 14.2. The Bertz CT molecular complexity index is 665. The summed E-state index contributed by atoms with van der Waals surface area (Å²) >= 11 is 0. The molecule has 0 fully saturated rings. The summed E-state index contributed by atoms with van der Waals surface area (Å²) in [7, 11) is 1.56. The molecule has 0 saturated heterocycles. The van der Waals surface area contributed by atoms with Gasteiger partial charge in [-0.05, 0) is 24.6 Å². The SMILES string of the molecule is CCOCC(=O)N(C)C(c1cccnc1)c1ccc(F)cc1F. The van der Waals surface area contributed by atoms with Gasteiger partial charge in [-0.2, -0.15) is 0 Å². The summed E-state index contributed by atoms with van der Waals surface area (Å²) in [5, 5.41) is 0. The van der Waals surface area contributed by atoms with Gasteiger partial charge in [0, 0.05) is 37.7 Å². The normalized spacial score (nSPS) is 12.0. The van der Waals surface area contributed by atoms with Gasteiger partial charge in [0.15, 0.2) is 0 Å². The van der Waals surface area contributed by atoms with Gasteiger partial charge in [0.2, 0.25) is 5.91 Å². The van der Waals surface area contributed by atoms with E-state index in [4.69, 9.17) is 4.74 Å². The van der Waals surface area contributed by atoms with Crippen LogP contribution >= 0.6 is 0 Å². The standard InChI is InChI=1S/C17H18F2N2O2/c1-3-23-11-16(22)21(2)17(12-5-4-8-20-10-12)14-7-6-13(18)9-15(14)19/h4-10,17H,3,11H2,1-2H3. The molecule has 0 saturated carbocycles. The van der Waals surface area contributed by atoms with Crippen molar-refractivity contribution in [1.29, 1.82) is 0 Å². The Morgan fingerprint density at radius 3 is 2.74 bits per heavy atom. The van der Waals surface area contributed by atoms with Crippen LogP contribution in [0.1, 0.15) is 24.1 Å². The Morgan fingerprint density at radius 2 is 2.13 bits per heavy atom. The summed E-state index contributed by atoms with van der Waals surface area (Å²) in [6.45, 7) is 2.08. The molecule has 1 heterocycles. The van der Waals surface area contributed by atoms with E-state index < -0.39 is 17.7 Å². The minimum atomic E-state index is -0.713. The van der Waals surface area contributed by atoms with E-state index in [1.807, 2.05) is 0 Å². The summed E-state index contributed by atoms with van der Waals surface area (Å²) in [5.74, 6) is -1.68. The van der Waals surface area contributed by atoms with Gasteiger partial charge >= 0.3 is 0 Å². The number of likely N-dealkylation sites (N-methyl/N-ethyl adjacent to an activating group) is 1. The lowest BCUT2D eigenvalue weighted by molar-refractivity contribution is -0.136. The Morgan fingerprint density at radius 1 is 1.35 bits per heavy atom. The summed E-state index contributed by atoms with van der Waals surface area (Å²) in [4.78, 5) is 17.6. The highest BCUT2D eigenvalue weighted by Gasteiger charge is 2.26. The predicted octanol–water partition coefficient (Wildman–Crippen LogP) is 2.94. The predicted molar refractivity (Wildman–Crippen MR) is 81.7 cm³/mol. The molecule has 1 amide bonds. The monoisotopic (exact) mass is 320 g/mol. The van der Waals surface area contributed by atoms with E-state index in [1.165, 1.54) is 17.0 Å². The number of pyridine rings is 1. The van der Waals surface area contributed by atoms with E-state index in [0.717, 1.165) is 6.07 Å². The molecule has 1 aromatic heterocycles. The second-order valence-electron chi connectivity index (χ2n) is 5.00. The van der Waals surface area contributed by atoms with Crippen molar-refractivity contribution in [3.8, 4) is 0 Å². The van der Waals surface area contributed by atoms with Crippen molar-refractivity contribution in [2.45, 2.75) is 13.0 Å². The number of aromatic nitrogens is 1. The van der Waals surface area contributed by atoms with Crippen LogP contribution in [0.4, 0.5) is 8.78 Å². The molecule has 4 nitrogen and oxygen atoms in total. The number of hydrogen-bond acceptors (Lipinski definition) is 3. The zero-order valence-corrected chi connectivity index (χ0v) is 13.0. The minimum Gasteiger partial charge on any atom is -0.372 e. The third-order valence-corrected chi connectivity index (χ3v) is 3.47. The number of carbonyl (C=O) groups excluding carboxylic acids is 1. The third-order valence-electron chi connectivity index (χ3n) is 3.47. The average molecular weight is 320 g/mol. The molecule has 23 heavy (non-hydrogen) atoms. The molecule has 2 rings (SSSR count). The number of hydrogen-bond donors (Lipinski definition) is 0. The van der Waals surface area contributed by atoms with Gasteiger partial charge in [0.1, 0.15) is 18.2 Å². The van der Waals surface area contributed by atoms with Gasteiger partial charge in [-0.25, -0.2) is 8.78 Å². The summed E-state index contributed by atoms with van der Waals surface area (Å²) < 4.78 is 32.5. The van der Waals surface area contributed by atoms with Gasteiger partial charge in [-0.15, -0.1) is 0 Å². The number of ether oxygens (including phenoxy) is 1. The molecular formula is C17H18F2N2O2. The van der Waals surface area contributed by atoms with Crippen molar-refractivity contribution >= 4 is 5.91 Å². The molecule has 1 atom stereocenters. The highest BCUT2D eigenvalue weighted by atomic mass is 19.1. The molecule has 0 aliphatic rings. The Hall–Kier alpha value is -2.34. The van der Waals surface area contributed by atoms with Gasteiger partial charge in [0.05, 0.1) is 6.04 Å². The van der Waals surface area contributed by atoms with Crippen LogP contribution in [0, 0.1) is 11.6 Å². The second-order valence-corrected chi connectivity index (χ2v) is 5.00. The first kappa shape index (κ1) is 17.0. The summed E-state index contributed by atoms with van der Waals surface area (Å²) in [5.41, 5.74) is 0.831. The fraction of sp³-hybridized carbons (Fsp3) is 0.294. The largest absolute Gasteiger partial charge is 0.372 e. The summed E-state index contributed by atoms with van der Waals surface area (Å²) in [6, 6.07) is 6.04. The molecule has 0 N–H and O–H groups in total. The van der Waals surface area contributed by atoms with Crippen LogP contribution in [-0.2, 0) is 9.53 Å². The lowest BCUT2D eigenvalue weighted by atomic mass is 9.98. The number of amides is 1. The third kappa shape index (κ3) is 4.10. The molecule has 6 heteroatoms. The topological polar surface area (TPSA) is 42.4 Å². The molecule has 122 valence electrons. The van der Waals surface area contributed by atoms with E-state index in [2.05, 4.69) is 4.98 Å². The van der Waals surface area contributed by atoms with Crippen LogP contribution < -0.4 is 0 Å². The highest BCUT2D eigenvalue weighted by molar-refractivity contribution is 5.78. The zero-order chi connectivity index (χ0) is 16.8. The molecular weight excluding hydrogens is 302 g/mol. The van der Waals surface area contributed by atoms with E-state index in [9.17, 15) is 13.6 Å². The maximum Gasteiger partial charge on any atom is 0.249 e. The average Bonchev–Trinajstić information content (AvgIpc) is 2.55. The highest BCUT2D eigenvalue weighted by Crippen LogP contribution is 2.29. The van der Waals surface area contributed by atoms with Crippen LogP contribution in [0.15, 0.2) is 42.7 Å². The fourth-order valence-electron chi connectivity index (χ4n) is 2.31. The Labute approximate surface area is 133 Å². The Kier molecular flexibility index (Phi) is 5.76. The van der Waals surface area contributed by atoms with Crippen molar-refractivity contribution in [2.75, 3.05) is 20.3 Å². The number of rotatable bonds is 6. The molecule has 0 radical (unpaired) electrons. The second kappa shape index (κ2) is 7.78. The Balaban J connectivity index is 2.42. The fourth-order valence-corrected chi connectivity index (χ4v) is 2.31. The number of nitrogens with zero attached hydrogens (tertiary/aromatic N) is 2. The van der Waals surface area contributed by atoms with E-state index in [1.54, 1.807) is 38.5 Å². The van der Waals surface area contributed by atoms with Crippen molar-refractivity contribution in [3.05, 3.63) is 65.5 Å². The van der Waals surface area contributed by atoms with E-state index >= 15 is 0 Å². The number of carbonyl (C=O) groups is 1. The van der Waals surface area contributed by atoms with Crippen molar-refractivity contribution in [2.24, 2.45) is 0 Å². The summed E-state index contributed by atoms with van der Waals surface area (Å²) in [6.07, 6.45) is 3.14. The van der Waals surface area contributed by atoms with Crippen molar-refractivity contribution < 1.29 is 18.3 Å². The zero-order valence-electron chi connectivity index (χ0n) is 13.0.